The number of fused-ring (bicyclic) bond motifs is 1. The average molecular weight is 346 g/mol. The summed E-state index contributed by atoms with van der Waals surface area (Å²) < 4.78 is 2.00. The van der Waals surface area contributed by atoms with Gasteiger partial charge < -0.3 is 9.88 Å². The smallest absolute Gasteiger partial charge is 0.262 e. The molecule has 132 valence electrons. The minimum absolute atomic E-state index is 0.124. The van der Waals surface area contributed by atoms with E-state index in [2.05, 4.69) is 11.4 Å². The number of carbonyl (C=O) groups excluding carboxylic acids is 1. The highest BCUT2D eigenvalue weighted by Crippen LogP contribution is 2.24. The van der Waals surface area contributed by atoms with Crippen LogP contribution in [-0.4, -0.2) is 16.5 Å². The Labute approximate surface area is 153 Å². The highest BCUT2D eigenvalue weighted by molar-refractivity contribution is 6.04. The van der Waals surface area contributed by atoms with E-state index in [9.17, 15) is 10.1 Å². The summed E-state index contributed by atoms with van der Waals surface area (Å²) in [5, 5.41) is 22.3. The first-order chi connectivity index (χ1) is 12.7. The van der Waals surface area contributed by atoms with Crippen molar-refractivity contribution in [3.8, 4) is 12.1 Å². The maximum atomic E-state index is 12.5. The summed E-state index contributed by atoms with van der Waals surface area (Å²) in [5.41, 5.74) is 1.95. The molecule has 0 spiro atoms. The van der Waals surface area contributed by atoms with Crippen molar-refractivity contribution in [3.05, 3.63) is 41.6 Å². The van der Waals surface area contributed by atoms with Crippen molar-refractivity contribution in [1.29, 1.82) is 10.5 Å². The summed E-state index contributed by atoms with van der Waals surface area (Å²) in [7, 11) is 0. The number of aryl methyl sites for hydroxylation is 1. The van der Waals surface area contributed by atoms with Crippen molar-refractivity contribution in [2.24, 2.45) is 0 Å². The van der Waals surface area contributed by atoms with E-state index in [1.807, 2.05) is 41.1 Å². The van der Waals surface area contributed by atoms with Crippen LogP contribution in [0.3, 0.4) is 0 Å². The Balaban J connectivity index is 1.88. The first kappa shape index (κ1) is 17.8. The quantitative estimate of drug-likeness (QED) is 0.658. The van der Waals surface area contributed by atoms with Gasteiger partial charge >= 0.3 is 0 Å². The molecule has 0 unspecified atom stereocenters. The number of aromatic nitrogens is 1. The summed E-state index contributed by atoms with van der Waals surface area (Å²) in [6, 6.07) is 12.2. The zero-order valence-electron chi connectivity index (χ0n) is 14.7. The fraction of sp³-hybridized carbons (Fsp3) is 0.381. The van der Waals surface area contributed by atoms with Crippen molar-refractivity contribution in [2.45, 2.75) is 51.1 Å². The van der Waals surface area contributed by atoms with Gasteiger partial charge in [0.15, 0.2) is 0 Å². The number of nitrogens with one attached hydrogen (secondary N) is 1. The number of hydrogen-bond donors (Lipinski definition) is 1. The van der Waals surface area contributed by atoms with Gasteiger partial charge in [0, 0.05) is 35.2 Å². The first-order valence-corrected chi connectivity index (χ1v) is 9.10. The molecule has 0 saturated heterocycles. The van der Waals surface area contributed by atoms with E-state index in [1.165, 1.54) is 6.42 Å². The Hall–Kier alpha value is -3.05. The summed E-state index contributed by atoms with van der Waals surface area (Å²) in [5.74, 6) is -0.298. The molecule has 2 aromatic rings. The van der Waals surface area contributed by atoms with Gasteiger partial charge in [-0.2, -0.15) is 10.5 Å². The van der Waals surface area contributed by atoms with Crippen molar-refractivity contribution in [3.63, 3.8) is 0 Å². The summed E-state index contributed by atoms with van der Waals surface area (Å²) in [6.45, 7) is 0.584. The molecule has 3 rings (SSSR count). The number of nitrogens with zero attached hydrogens (tertiary/aromatic N) is 3. The molecule has 1 N–H and O–H groups in total. The van der Waals surface area contributed by atoms with Crippen molar-refractivity contribution in [2.75, 3.05) is 0 Å². The predicted molar refractivity (Wildman–Crippen MR) is 101 cm³/mol. The third kappa shape index (κ3) is 3.95. The maximum Gasteiger partial charge on any atom is 0.262 e. The lowest BCUT2D eigenvalue weighted by molar-refractivity contribution is -0.117. The maximum absolute atomic E-state index is 12.5. The predicted octanol–water partition coefficient (Wildman–Crippen LogP) is 3.91. The number of para-hydroxylation sites is 1. The Bertz CT molecular complexity index is 904. The van der Waals surface area contributed by atoms with Crippen LogP contribution in [0.4, 0.5) is 0 Å². The molecule has 1 saturated carbocycles. The molecular weight excluding hydrogens is 324 g/mol. The largest absolute Gasteiger partial charge is 0.349 e. The Morgan fingerprint density at radius 3 is 2.73 bits per heavy atom. The van der Waals surface area contributed by atoms with Crippen LogP contribution in [0, 0.1) is 22.7 Å². The Morgan fingerprint density at radius 2 is 2.00 bits per heavy atom. The molecule has 5 heteroatoms. The molecular formula is C21H22N4O. The van der Waals surface area contributed by atoms with Crippen molar-refractivity contribution >= 4 is 22.9 Å². The van der Waals surface area contributed by atoms with Crippen LogP contribution in [0.1, 0.15) is 44.1 Å². The van der Waals surface area contributed by atoms with E-state index in [-0.39, 0.29) is 17.5 Å². The van der Waals surface area contributed by atoms with Crippen LogP contribution >= 0.6 is 0 Å². The topological polar surface area (TPSA) is 81.6 Å². The molecule has 1 heterocycles. The number of amides is 1. The van der Waals surface area contributed by atoms with Gasteiger partial charge in [-0.15, -0.1) is 0 Å². The molecule has 1 amide bonds. The Kier molecular flexibility index (Phi) is 5.71. The monoisotopic (exact) mass is 346 g/mol. The molecule has 0 aliphatic heterocycles. The second kappa shape index (κ2) is 8.36. The van der Waals surface area contributed by atoms with E-state index in [0.29, 0.717) is 13.0 Å². The molecule has 1 aromatic carbocycles. The number of carbonyl (C=O) groups is 1. The van der Waals surface area contributed by atoms with Crippen molar-refractivity contribution < 1.29 is 4.79 Å². The number of nitriles is 2. The molecule has 0 radical (unpaired) electrons. The van der Waals surface area contributed by atoms with E-state index in [4.69, 9.17) is 5.26 Å². The lowest BCUT2D eigenvalue weighted by Gasteiger charge is -2.22. The lowest BCUT2D eigenvalue weighted by atomic mass is 9.95. The van der Waals surface area contributed by atoms with Crippen LogP contribution in [0.5, 0.6) is 0 Å². The fourth-order valence-electron chi connectivity index (χ4n) is 3.56. The molecule has 1 aromatic heterocycles. The Morgan fingerprint density at radius 1 is 1.23 bits per heavy atom. The van der Waals surface area contributed by atoms with E-state index in [1.54, 1.807) is 6.08 Å². The van der Waals surface area contributed by atoms with Crippen LogP contribution < -0.4 is 5.32 Å². The summed E-state index contributed by atoms with van der Waals surface area (Å²) >= 11 is 0. The van der Waals surface area contributed by atoms with E-state index in [0.717, 1.165) is 42.1 Å². The second-order valence-electron chi connectivity index (χ2n) is 6.68. The van der Waals surface area contributed by atoms with Gasteiger partial charge in [-0.25, -0.2) is 0 Å². The van der Waals surface area contributed by atoms with Crippen LogP contribution in [-0.2, 0) is 11.3 Å². The molecule has 5 nitrogen and oxygen atoms in total. The molecule has 1 aliphatic carbocycles. The van der Waals surface area contributed by atoms with Gasteiger partial charge in [0.1, 0.15) is 11.6 Å². The molecule has 1 aliphatic rings. The van der Waals surface area contributed by atoms with Gasteiger partial charge in [0.2, 0.25) is 0 Å². The summed E-state index contributed by atoms with van der Waals surface area (Å²) in [6.07, 6.45) is 9.42. The standard InChI is InChI=1S/C21H22N4O/c22-11-6-12-25-15-17(19-9-4-5-10-20(19)25)13-16(14-23)21(26)24-18-7-2-1-3-8-18/h4-5,9-10,13,15,18H,1-3,6-8,12H2,(H,24,26)/b16-13+. The molecule has 0 atom stereocenters. The van der Waals surface area contributed by atoms with Gasteiger partial charge in [-0.1, -0.05) is 37.5 Å². The lowest BCUT2D eigenvalue weighted by Crippen LogP contribution is -2.36. The highest BCUT2D eigenvalue weighted by Gasteiger charge is 2.18. The van der Waals surface area contributed by atoms with Crippen LogP contribution in [0.15, 0.2) is 36.0 Å². The molecule has 0 bridgehead atoms. The average Bonchev–Trinajstić information content (AvgIpc) is 3.03. The highest BCUT2D eigenvalue weighted by atomic mass is 16.1. The van der Waals surface area contributed by atoms with Gasteiger partial charge in [0.25, 0.3) is 5.91 Å². The second-order valence-corrected chi connectivity index (χ2v) is 6.68. The minimum atomic E-state index is -0.298. The zero-order valence-corrected chi connectivity index (χ0v) is 14.7. The molecule has 1 fully saturated rings. The molecule has 26 heavy (non-hydrogen) atoms. The number of benzene rings is 1. The third-order valence-corrected chi connectivity index (χ3v) is 4.89. The van der Waals surface area contributed by atoms with E-state index < -0.39 is 0 Å². The van der Waals surface area contributed by atoms with Crippen LogP contribution in [0.2, 0.25) is 0 Å². The SMILES string of the molecule is N#CCCn1cc(/C=C(\C#N)C(=O)NC2CCCCC2)c2ccccc21. The first-order valence-electron chi connectivity index (χ1n) is 9.10. The minimum Gasteiger partial charge on any atom is -0.349 e. The van der Waals surface area contributed by atoms with E-state index >= 15 is 0 Å². The van der Waals surface area contributed by atoms with Gasteiger partial charge in [-0.05, 0) is 25.0 Å². The van der Waals surface area contributed by atoms with Crippen LogP contribution in [0.25, 0.3) is 17.0 Å². The number of hydrogen-bond acceptors (Lipinski definition) is 3. The zero-order chi connectivity index (χ0) is 18.4. The normalized spacial score (nSPS) is 15.4. The van der Waals surface area contributed by atoms with Crippen molar-refractivity contribution in [1.82, 2.24) is 9.88 Å². The van der Waals surface area contributed by atoms with Gasteiger partial charge in [-0.3, -0.25) is 4.79 Å². The summed E-state index contributed by atoms with van der Waals surface area (Å²) in [4.78, 5) is 12.5. The number of rotatable bonds is 5. The fourth-order valence-corrected chi connectivity index (χ4v) is 3.56. The third-order valence-electron chi connectivity index (χ3n) is 4.89. The van der Waals surface area contributed by atoms with Gasteiger partial charge in [0.05, 0.1) is 12.5 Å².